The SMILES string of the molecule is Cc1n[nH]nc1-c1ncc[nH]1. The number of aryl methyl sites for hydroxylation is 1. The molecular weight excluding hydrogens is 142 g/mol. The number of hydrogen-bond acceptors (Lipinski definition) is 3. The van der Waals surface area contributed by atoms with Crippen molar-refractivity contribution in [3.05, 3.63) is 18.1 Å². The smallest absolute Gasteiger partial charge is 0.159 e. The number of aromatic nitrogens is 5. The number of nitrogens with one attached hydrogen (secondary N) is 2. The highest BCUT2D eigenvalue weighted by molar-refractivity contribution is 5.50. The van der Waals surface area contributed by atoms with Crippen LogP contribution in [0, 0.1) is 6.92 Å². The maximum atomic E-state index is 4.04. The van der Waals surface area contributed by atoms with Crippen LogP contribution in [-0.4, -0.2) is 25.4 Å². The molecule has 5 nitrogen and oxygen atoms in total. The third-order valence-corrected chi connectivity index (χ3v) is 1.44. The van der Waals surface area contributed by atoms with E-state index in [2.05, 4.69) is 25.4 Å². The van der Waals surface area contributed by atoms with Gasteiger partial charge in [0.05, 0.1) is 5.69 Å². The van der Waals surface area contributed by atoms with E-state index in [1.807, 2.05) is 6.92 Å². The first-order valence-electron chi connectivity index (χ1n) is 3.25. The number of nitrogens with zero attached hydrogens (tertiary/aromatic N) is 3. The molecular formula is C6H7N5. The van der Waals surface area contributed by atoms with Gasteiger partial charge in [0.2, 0.25) is 0 Å². The zero-order valence-corrected chi connectivity index (χ0v) is 6.00. The van der Waals surface area contributed by atoms with Gasteiger partial charge in [-0.2, -0.15) is 15.4 Å². The average Bonchev–Trinajstić information content (AvgIpc) is 2.55. The van der Waals surface area contributed by atoms with Gasteiger partial charge in [-0.25, -0.2) is 4.98 Å². The van der Waals surface area contributed by atoms with E-state index in [9.17, 15) is 0 Å². The number of imidazole rings is 1. The lowest BCUT2D eigenvalue weighted by Crippen LogP contribution is -1.82. The van der Waals surface area contributed by atoms with Crippen molar-refractivity contribution >= 4 is 0 Å². The maximum absolute atomic E-state index is 4.04. The third-order valence-electron chi connectivity index (χ3n) is 1.44. The summed E-state index contributed by atoms with van der Waals surface area (Å²) in [4.78, 5) is 6.99. The van der Waals surface area contributed by atoms with Gasteiger partial charge < -0.3 is 4.98 Å². The van der Waals surface area contributed by atoms with Crippen molar-refractivity contribution in [2.75, 3.05) is 0 Å². The van der Waals surface area contributed by atoms with E-state index < -0.39 is 0 Å². The minimum Gasteiger partial charge on any atom is -0.343 e. The maximum Gasteiger partial charge on any atom is 0.159 e. The van der Waals surface area contributed by atoms with Gasteiger partial charge in [0.1, 0.15) is 0 Å². The predicted octanol–water partition coefficient (Wildman–Crippen LogP) is 0.503. The minimum absolute atomic E-state index is 0.747. The lowest BCUT2D eigenvalue weighted by molar-refractivity contribution is 0.928. The molecule has 0 atom stereocenters. The van der Waals surface area contributed by atoms with Crippen LogP contribution in [-0.2, 0) is 0 Å². The lowest BCUT2D eigenvalue weighted by atomic mass is 10.3. The van der Waals surface area contributed by atoms with Gasteiger partial charge in [-0.1, -0.05) is 0 Å². The van der Waals surface area contributed by atoms with Crippen LogP contribution in [0.25, 0.3) is 11.5 Å². The summed E-state index contributed by atoms with van der Waals surface area (Å²) >= 11 is 0. The first-order valence-corrected chi connectivity index (χ1v) is 3.25. The van der Waals surface area contributed by atoms with Gasteiger partial charge in [0, 0.05) is 12.4 Å². The minimum atomic E-state index is 0.747. The topological polar surface area (TPSA) is 70.2 Å². The molecule has 5 heteroatoms. The summed E-state index contributed by atoms with van der Waals surface area (Å²) in [6.45, 7) is 1.88. The van der Waals surface area contributed by atoms with Crippen molar-refractivity contribution in [3.63, 3.8) is 0 Å². The van der Waals surface area contributed by atoms with Crippen molar-refractivity contribution in [3.8, 4) is 11.5 Å². The summed E-state index contributed by atoms with van der Waals surface area (Å²) in [6.07, 6.45) is 3.44. The molecule has 0 spiro atoms. The largest absolute Gasteiger partial charge is 0.343 e. The molecule has 0 fully saturated rings. The molecule has 0 amide bonds. The third kappa shape index (κ3) is 0.899. The molecule has 0 unspecified atom stereocenters. The second-order valence-corrected chi connectivity index (χ2v) is 2.20. The Morgan fingerprint density at radius 2 is 2.27 bits per heavy atom. The van der Waals surface area contributed by atoms with Gasteiger partial charge in [-0.05, 0) is 6.92 Å². The van der Waals surface area contributed by atoms with E-state index >= 15 is 0 Å². The molecule has 11 heavy (non-hydrogen) atoms. The summed E-state index contributed by atoms with van der Waals surface area (Å²) in [6, 6.07) is 0. The summed E-state index contributed by atoms with van der Waals surface area (Å²) < 4.78 is 0. The molecule has 0 saturated carbocycles. The van der Waals surface area contributed by atoms with Crippen LogP contribution in [0.15, 0.2) is 12.4 Å². The monoisotopic (exact) mass is 149 g/mol. The van der Waals surface area contributed by atoms with Crippen LogP contribution in [0.5, 0.6) is 0 Å². The van der Waals surface area contributed by atoms with Gasteiger partial charge in [-0.3, -0.25) is 0 Å². The first-order chi connectivity index (χ1) is 5.38. The molecule has 0 aliphatic heterocycles. The van der Waals surface area contributed by atoms with Crippen molar-refractivity contribution in [1.29, 1.82) is 0 Å². The highest BCUT2D eigenvalue weighted by Gasteiger charge is 2.06. The van der Waals surface area contributed by atoms with Crippen LogP contribution in [0.2, 0.25) is 0 Å². The zero-order valence-electron chi connectivity index (χ0n) is 6.00. The zero-order chi connectivity index (χ0) is 7.68. The summed E-state index contributed by atoms with van der Waals surface area (Å²) in [5, 5.41) is 10.3. The second kappa shape index (κ2) is 2.19. The fraction of sp³-hybridized carbons (Fsp3) is 0.167. The predicted molar refractivity (Wildman–Crippen MR) is 38.7 cm³/mol. The van der Waals surface area contributed by atoms with E-state index in [-0.39, 0.29) is 0 Å². The van der Waals surface area contributed by atoms with Crippen LogP contribution in [0.3, 0.4) is 0 Å². The van der Waals surface area contributed by atoms with E-state index in [0.29, 0.717) is 0 Å². The van der Waals surface area contributed by atoms with Gasteiger partial charge >= 0.3 is 0 Å². The van der Waals surface area contributed by atoms with Crippen molar-refractivity contribution < 1.29 is 0 Å². The second-order valence-electron chi connectivity index (χ2n) is 2.20. The van der Waals surface area contributed by atoms with E-state index in [1.165, 1.54) is 0 Å². The highest BCUT2D eigenvalue weighted by atomic mass is 15.3. The Morgan fingerprint density at radius 1 is 1.36 bits per heavy atom. The fourth-order valence-electron chi connectivity index (χ4n) is 0.903. The van der Waals surface area contributed by atoms with Crippen molar-refractivity contribution in [2.24, 2.45) is 0 Å². The van der Waals surface area contributed by atoms with Crippen LogP contribution < -0.4 is 0 Å². The number of rotatable bonds is 1. The fourth-order valence-corrected chi connectivity index (χ4v) is 0.903. The van der Waals surface area contributed by atoms with Crippen molar-refractivity contribution in [2.45, 2.75) is 6.92 Å². The van der Waals surface area contributed by atoms with Crippen LogP contribution >= 0.6 is 0 Å². The Labute approximate surface area is 62.9 Å². The normalized spacial score (nSPS) is 10.3. The molecule has 0 bridgehead atoms. The quantitative estimate of drug-likeness (QED) is 0.620. The molecule has 0 radical (unpaired) electrons. The summed E-state index contributed by atoms with van der Waals surface area (Å²) in [7, 11) is 0. The molecule has 0 saturated heterocycles. The average molecular weight is 149 g/mol. The van der Waals surface area contributed by atoms with Gasteiger partial charge in [0.15, 0.2) is 11.5 Å². The van der Waals surface area contributed by atoms with Gasteiger partial charge in [-0.15, -0.1) is 0 Å². The molecule has 2 aromatic rings. The standard InChI is InChI=1S/C6H7N5/c1-4-5(10-11-9-4)6-7-2-3-8-6/h2-3H,1H3,(H,7,8)(H,9,10,11). The molecule has 2 heterocycles. The molecule has 0 aliphatic carbocycles. The molecule has 0 aromatic carbocycles. The van der Waals surface area contributed by atoms with Gasteiger partial charge in [0.25, 0.3) is 0 Å². The van der Waals surface area contributed by atoms with E-state index in [0.717, 1.165) is 17.2 Å². The molecule has 2 rings (SSSR count). The Kier molecular flexibility index (Phi) is 1.21. The first kappa shape index (κ1) is 6.09. The summed E-state index contributed by atoms with van der Waals surface area (Å²) in [5.74, 6) is 0.747. The molecule has 56 valence electrons. The van der Waals surface area contributed by atoms with E-state index in [4.69, 9.17) is 0 Å². The van der Waals surface area contributed by atoms with E-state index in [1.54, 1.807) is 12.4 Å². The number of aromatic amines is 2. The lowest BCUT2D eigenvalue weighted by Gasteiger charge is -1.87. The Hall–Kier alpha value is -1.65. The Morgan fingerprint density at radius 3 is 2.82 bits per heavy atom. The molecule has 2 N–H and O–H groups in total. The molecule has 0 aliphatic rings. The number of hydrogen-bond donors (Lipinski definition) is 2. The van der Waals surface area contributed by atoms with Crippen LogP contribution in [0.4, 0.5) is 0 Å². The van der Waals surface area contributed by atoms with Crippen molar-refractivity contribution in [1.82, 2.24) is 25.4 Å². The molecule has 2 aromatic heterocycles. The van der Waals surface area contributed by atoms with Crippen LogP contribution in [0.1, 0.15) is 5.69 Å². The Bertz CT molecular complexity index is 333. The Balaban J connectivity index is 2.53. The summed E-state index contributed by atoms with van der Waals surface area (Å²) in [5.41, 5.74) is 1.62. The number of H-pyrrole nitrogens is 2. The highest BCUT2D eigenvalue weighted by Crippen LogP contribution is 2.12.